The molecule has 0 aliphatic carbocycles. The van der Waals surface area contributed by atoms with Gasteiger partial charge in [0.15, 0.2) is 5.82 Å². The van der Waals surface area contributed by atoms with Crippen molar-refractivity contribution < 1.29 is 0 Å². The first-order valence-electron chi connectivity index (χ1n) is 6.44. The molecule has 0 saturated heterocycles. The van der Waals surface area contributed by atoms with E-state index >= 15 is 0 Å². The first-order chi connectivity index (χ1) is 9.61. The molecule has 20 heavy (non-hydrogen) atoms. The summed E-state index contributed by atoms with van der Waals surface area (Å²) < 4.78 is 0. The second kappa shape index (κ2) is 6.02. The van der Waals surface area contributed by atoms with Crippen LogP contribution in [-0.2, 0) is 6.54 Å². The molecule has 0 bridgehead atoms. The molecule has 0 radical (unpaired) electrons. The Morgan fingerprint density at radius 2 is 1.95 bits per heavy atom. The summed E-state index contributed by atoms with van der Waals surface area (Å²) in [6, 6.07) is 11.7. The Morgan fingerprint density at radius 1 is 1.25 bits per heavy atom. The average molecular weight is 267 g/mol. The van der Waals surface area contributed by atoms with Gasteiger partial charge in [-0.1, -0.05) is 12.1 Å². The van der Waals surface area contributed by atoms with Crippen LogP contribution in [0.25, 0.3) is 0 Å². The largest absolute Gasteiger partial charge is 0.399 e. The van der Waals surface area contributed by atoms with Gasteiger partial charge in [-0.25, -0.2) is 0 Å². The van der Waals surface area contributed by atoms with E-state index in [0.717, 1.165) is 11.3 Å². The third-order valence-corrected chi connectivity index (χ3v) is 3.05. The molecule has 5 nitrogen and oxygen atoms in total. The van der Waals surface area contributed by atoms with Crippen LogP contribution in [0.1, 0.15) is 25.0 Å². The van der Waals surface area contributed by atoms with E-state index in [4.69, 9.17) is 5.73 Å². The SMILES string of the molecule is CC(C)N(Cc1ccc(N)cc1)c1nnccc1C#N. The number of benzene rings is 1. The molecule has 0 saturated carbocycles. The van der Waals surface area contributed by atoms with E-state index in [1.165, 1.54) is 6.20 Å². The highest BCUT2D eigenvalue weighted by atomic mass is 15.3. The lowest BCUT2D eigenvalue weighted by Gasteiger charge is -2.28. The van der Waals surface area contributed by atoms with Crippen LogP contribution in [-0.4, -0.2) is 16.2 Å². The van der Waals surface area contributed by atoms with Gasteiger partial charge in [-0.2, -0.15) is 10.4 Å². The predicted octanol–water partition coefficient (Wildman–Crippen LogP) is 2.35. The fraction of sp³-hybridized carbons (Fsp3) is 0.267. The summed E-state index contributed by atoms with van der Waals surface area (Å²) in [6.07, 6.45) is 1.53. The van der Waals surface area contributed by atoms with E-state index in [1.54, 1.807) is 6.07 Å². The van der Waals surface area contributed by atoms with Gasteiger partial charge < -0.3 is 10.6 Å². The standard InChI is InChI=1S/C15H17N5/c1-11(2)20(10-12-3-5-14(17)6-4-12)15-13(9-16)7-8-18-19-15/h3-8,11H,10,17H2,1-2H3. The third-order valence-electron chi connectivity index (χ3n) is 3.05. The molecule has 2 aromatic rings. The van der Waals surface area contributed by atoms with Crippen molar-refractivity contribution in [2.75, 3.05) is 10.6 Å². The van der Waals surface area contributed by atoms with Gasteiger partial charge in [-0.15, -0.1) is 5.10 Å². The molecule has 102 valence electrons. The third kappa shape index (κ3) is 3.04. The van der Waals surface area contributed by atoms with Crippen molar-refractivity contribution in [2.24, 2.45) is 0 Å². The lowest BCUT2D eigenvalue weighted by Crippen LogP contribution is -2.31. The molecule has 0 unspecified atom stereocenters. The number of nitrogens with zero attached hydrogens (tertiary/aromatic N) is 4. The zero-order valence-electron chi connectivity index (χ0n) is 11.6. The van der Waals surface area contributed by atoms with E-state index in [2.05, 4.69) is 35.0 Å². The Balaban J connectivity index is 2.32. The number of aromatic nitrogens is 2. The summed E-state index contributed by atoms with van der Waals surface area (Å²) in [6.45, 7) is 4.78. The fourth-order valence-corrected chi connectivity index (χ4v) is 1.95. The Morgan fingerprint density at radius 3 is 2.55 bits per heavy atom. The van der Waals surface area contributed by atoms with Gasteiger partial charge in [0.2, 0.25) is 0 Å². The number of anilines is 2. The Kier molecular flexibility index (Phi) is 4.16. The van der Waals surface area contributed by atoms with E-state index in [1.807, 2.05) is 24.3 Å². The second-order valence-electron chi connectivity index (χ2n) is 4.84. The maximum absolute atomic E-state index is 9.19. The average Bonchev–Trinajstić information content (AvgIpc) is 2.46. The van der Waals surface area contributed by atoms with Gasteiger partial charge in [0, 0.05) is 18.3 Å². The van der Waals surface area contributed by atoms with Gasteiger partial charge in [0.1, 0.15) is 6.07 Å². The lowest BCUT2D eigenvalue weighted by atomic mass is 10.1. The molecule has 1 heterocycles. The molecule has 5 heteroatoms. The molecule has 2 N–H and O–H groups in total. The molecular formula is C15H17N5. The first-order valence-corrected chi connectivity index (χ1v) is 6.44. The summed E-state index contributed by atoms with van der Waals surface area (Å²) in [5, 5.41) is 17.2. The normalized spacial score (nSPS) is 10.3. The zero-order valence-corrected chi connectivity index (χ0v) is 11.6. The minimum absolute atomic E-state index is 0.205. The molecule has 0 fully saturated rings. The Hall–Kier alpha value is -2.61. The van der Waals surface area contributed by atoms with Crippen LogP contribution in [0.2, 0.25) is 0 Å². The molecule has 2 rings (SSSR count). The molecule has 1 aromatic carbocycles. The van der Waals surface area contributed by atoms with E-state index in [-0.39, 0.29) is 6.04 Å². The van der Waals surface area contributed by atoms with Crippen LogP contribution in [0, 0.1) is 11.3 Å². The number of nitrogens with two attached hydrogens (primary N) is 1. The fourth-order valence-electron chi connectivity index (χ4n) is 1.95. The predicted molar refractivity (Wildman–Crippen MR) is 78.9 cm³/mol. The van der Waals surface area contributed by atoms with Crippen LogP contribution in [0.15, 0.2) is 36.5 Å². The number of rotatable bonds is 4. The number of hydrogen-bond acceptors (Lipinski definition) is 5. The Labute approximate surface area is 118 Å². The summed E-state index contributed by atoms with van der Waals surface area (Å²) in [7, 11) is 0. The summed E-state index contributed by atoms with van der Waals surface area (Å²) in [4.78, 5) is 2.05. The lowest BCUT2D eigenvalue weighted by molar-refractivity contribution is 0.665. The zero-order chi connectivity index (χ0) is 14.5. The van der Waals surface area contributed by atoms with Gasteiger partial charge in [-0.3, -0.25) is 0 Å². The Bertz CT molecular complexity index is 613. The summed E-state index contributed by atoms with van der Waals surface area (Å²) in [5.41, 5.74) is 8.08. The number of nitriles is 1. The molecule has 0 spiro atoms. The van der Waals surface area contributed by atoms with Crippen LogP contribution in [0.4, 0.5) is 11.5 Å². The quantitative estimate of drug-likeness (QED) is 0.860. The van der Waals surface area contributed by atoms with E-state index < -0.39 is 0 Å². The van der Waals surface area contributed by atoms with Crippen molar-refractivity contribution in [3.05, 3.63) is 47.7 Å². The topological polar surface area (TPSA) is 78.8 Å². The number of nitrogen functional groups attached to an aromatic ring is 1. The van der Waals surface area contributed by atoms with Gasteiger partial charge in [0.05, 0.1) is 11.8 Å². The van der Waals surface area contributed by atoms with Crippen LogP contribution in [0.5, 0.6) is 0 Å². The van der Waals surface area contributed by atoms with Gasteiger partial charge in [-0.05, 0) is 37.6 Å². The van der Waals surface area contributed by atoms with Crippen molar-refractivity contribution in [3.8, 4) is 6.07 Å². The van der Waals surface area contributed by atoms with Crippen molar-refractivity contribution in [1.82, 2.24) is 10.2 Å². The van der Waals surface area contributed by atoms with Crippen molar-refractivity contribution in [1.29, 1.82) is 5.26 Å². The monoisotopic (exact) mass is 267 g/mol. The first kappa shape index (κ1) is 13.8. The molecule has 1 aromatic heterocycles. The van der Waals surface area contributed by atoms with Crippen LogP contribution >= 0.6 is 0 Å². The number of hydrogen-bond donors (Lipinski definition) is 1. The molecule has 0 amide bonds. The molecule has 0 aliphatic heterocycles. The van der Waals surface area contributed by atoms with Gasteiger partial charge in [0.25, 0.3) is 0 Å². The van der Waals surface area contributed by atoms with E-state index in [0.29, 0.717) is 17.9 Å². The molecular weight excluding hydrogens is 250 g/mol. The minimum Gasteiger partial charge on any atom is -0.399 e. The molecule has 0 aliphatic rings. The van der Waals surface area contributed by atoms with Crippen molar-refractivity contribution in [3.63, 3.8) is 0 Å². The summed E-state index contributed by atoms with van der Waals surface area (Å²) >= 11 is 0. The van der Waals surface area contributed by atoms with Crippen LogP contribution < -0.4 is 10.6 Å². The smallest absolute Gasteiger partial charge is 0.169 e. The highest BCUT2D eigenvalue weighted by Crippen LogP contribution is 2.21. The van der Waals surface area contributed by atoms with Gasteiger partial charge >= 0.3 is 0 Å². The van der Waals surface area contributed by atoms with Crippen molar-refractivity contribution in [2.45, 2.75) is 26.4 Å². The highest BCUT2D eigenvalue weighted by molar-refractivity contribution is 5.53. The molecule has 0 atom stereocenters. The summed E-state index contributed by atoms with van der Waals surface area (Å²) in [5.74, 6) is 0.613. The van der Waals surface area contributed by atoms with Crippen LogP contribution in [0.3, 0.4) is 0 Å². The second-order valence-corrected chi connectivity index (χ2v) is 4.84. The highest BCUT2D eigenvalue weighted by Gasteiger charge is 2.16. The maximum atomic E-state index is 9.19. The van der Waals surface area contributed by atoms with E-state index in [9.17, 15) is 5.26 Å². The maximum Gasteiger partial charge on any atom is 0.169 e. The van der Waals surface area contributed by atoms with Crippen molar-refractivity contribution >= 4 is 11.5 Å². The minimum atomic E-state index is 0.205.